The number of hydrogen-bond acceptors (Lipinski definition) is 3. The standard InChI is InChI=1S/C13H17ClF3NO2/c1-3-4-18(8-13(15,16)17)7-9-5-10(14)6-11(20-2)12(9)19/h5-6,19H,3-4,7-8H2,1-2H3. The zero-order valence-corrected chi connectivity index (χ0v) is 12.1. The smallest absolute Gasteiger partial charge is 0.401 e. The molecule has 0 saturated carbocycles. The van der Waals surface area contributed by atoms with E-state index in [2.05, 4.69) is 0 Å². The Balaban J connectivity index is 2.96. The van der Waals surface area contributed by atoms with Gasteiger partial charge in [0.05, 0.1) is 13.7 Å². The molecule has 0 aliphatic heterocycles. The fourth-order valence-electron chi connectivity index (χ4n) is 1.93. The maximum Gasteiger partial charge on any atom is 0.401 e. The minimum Gasteiger partial charge on any atom is -0.504 e. The van der Waals surface area contributed by atoms with Crippen LogP contribution in [0.15, 0.2) is 12.1 Å². The summed E-state index contributed by atoms with van der Waals surface area (Å²) in [6, 6.07) is 2.85. The lowest BCUT2D eigenvalue weighted by Crippen LogP contribution is -2.34. The molecule has 0 radical (unpaired) electrons. The minimum atomic E-state index is -4.28. The molecule has 0 spiro atoms. The fraction of sp³-hybridized carbons (Fsp3) is 0.538. The number of hydrogen-bond donors (Lipinski definition) is 1. The van der Waals surface area contributed by atoms with Crippen LogP contribution in [-0.2, 0) is 6.54 Å². The molecule has 0 aliphatic rings. The number of phenolic OH excluding ortho intramolecular Hbond substituents is 1. The fourth-order valence-corrected chi connectivity index (χ4v) is 2.16. The Kier molecular flexibility index (Phi) is 5.95. The van der Waals surface area contributed by atoms with Crippen LogP contribution in [-0.4, -0.2) is 36.4 Å². The molecule has 20 heavy (non-hydrogen) atoms. The largest absolute Gasteiger partial charge is 0.504 e. The monoisotopic (exact) mass is 311 g/mol. The van der Waals surface area contributed by atoms with Crippen LogP contribution in [0.5, 0.6) is 11.5 Å². The average Bonchev–Trinajstić information content (AvgIpc) is 2.31. The lowest BCUT2D eigenvalue weighted by atomic mass is 10.1. The van der Waals surface area contributed by atoms with Gasteiger partial charge >= 0.3 is 6.18 Å². The van der Waals surface area contributed by atoms with E-state index in [1.54, 1.807) is 6.92 Å². The SMILES string of the molecule is CCCN(Cc1cc(Cl)cc(OC)c1O)CC(F)(F)F. The molecule has 0 bridgehead atoms. The van der Waals surface area contributed by atoms with Crippen LogP contribution in [0.2, 0.25) is 5.02 Å². The minimum absolute atomic E-state index is 0.0455. The number of methoxy groups -OCH3 is 1. The lowest BCUT2D eigenvalue weighted by Gasteiger charge is -2.24. The van der Waals surface area contributed by atoms with Crippen molar-refractivity contribution < 1.29 is 23.0 Å². The summed E-state index contributed by atoms with van der Waals surface area (Å²) < 4.78 is 42.4. The number of halogens is 4. The molecule has 0 atom stereocenters. The van der Waals surface area contributed by atoms with Crippen molar-refractivity contribution in [3.8, 4) is 11.5 Å². The Hall–Kier alpha value is -1.14. The summed E-state index contributed by atoms with van der Waals surface area (Å²) in [5.41, 5.74) is 0.312. The van der Waals surface area contributed by atoms with Crippen molar-refractivity contribution in [2.24, 2.45) is 0 Å². The van der Waals surface area contributed by atoms with Crippen molar-refractivity contribution in [1.29, 1.82) is 0 Å². The summed E-state index contributed by atoms with van der Waals surface area (Å²) in [6.07, 6.45) is -3.71. The van der Waals surface area contributed by atoms with E-state index in [0.29, 0.717) is 17.0 Å². The zero-order valence-electron chi connectivity index (χ0n) is 11.3. The first-order valence-electron chi connectivity index (χ1n) is 6.11. The van der Waals surface area contributed by atoms with Crippen molar-refractivity contribution in [3.63, 3.8) is 0 Å². The van der Waals surface area contributed by atoms with E-state index in [4.69, 9.17) is 16.3 Å². The molecule has 7 heteroatoms. The highest BCUT2D eigenvalue weighted by atomic mass is 35.5. The Labute approximate surface area is 120 Å². The third-order valence-corrected chi connectivity index (χ3v) is 2.89. The summed E-state index contributed by atoms with van der Waals surface area (Å²) in [5.74, 6) is -0.0314. The quantitative estimate of drug-likeness (QED) is 0.866. The molecule has 0 aromatic heterocycles. The number of nitrogens with zero attached hydrogens (tertiary/aromatic N) is 1. The van der Waals surface area contributed by atoms with Gasteiger partial charge in [0.25, 0.3) is 0 Å². The number of ether oxygens (including phenoxy) is 1. The molecule has 1 aromatic rings. The van der Waals surface area contributed by atoms with Crippen molar-refractivity contribution in [2.45, 2.75) is 26.1 Å². The van der Waals surface area contributed by atoms with Crippen LogP contribution in [0.25, 0.3) is 0 Å². The van der Waals surface area contributed by atoms with Gasteiger partial charge in [0.15, 0.2) is 11.5 Å². The van der Waals surface area contributed by atoms with E-state index >= 15 is 0 Å². The molecule has 1 N–H and O–H groups in total. The maximum absolute atomic E-state index is 12.5. The molecular weight excluding hydrogens is 295 g/mol. The zero-order chi connectivity index (χ0) is 15.3. The van der Waals surface area contributed by atoms with Gasteiger partial charge in [-0.1, -0.05) is 18.5 Å². The van der Waals surface area contributed by atoms with Gasteiger partial charge in [0, 0.05) is 23.2 Å². The molecule has 1 rings (SSSR count). The molecule has 1 aromatic carbocycles. The van der Waals surface area contributed by atoms with Gasteiger partial charge in [-0.15, -0.1) is 0 Å². The van der Waals surface area contributed by atoms with Crippen molar-refractivity contribution in [3.05, 3.63) is 22.7 Å². The van der Waals surface area contributed by atoms with Gasteiger partial charge in [0.2, 0.25) is 0 Å². The van der Waals surface area contributed by atoms with E-state index in [9.17, 15) is 18.3 Å². The van der Waals surface area contributed by atoms with Gasteiger partial charge in [-0.05, 0) is 19.0 Å². The Bertz CT molecular complexity index is 452. The first-order chi connectivity index (χ1) is 9.26. The molecule has 0 aliphatic carbocycles. The molecule has 114 valence electrons. The average molecular weight is 312 g/mol. The van der Waals surface area contributed by atoms with Crippen molar-refractivity contribution >= 4 is 11.6 Å². The summed E-state index contributed by atoms with van der Waals surface area (Å²) >= 11 is 5.86. The van der Waals surface area contributed by atoms with E-state index < -0.39 is 12.7 Å². The topological polar surface area (TPSA) is 32.7 Å². The third-order valence-electron chi connectivity index (χ3n) is 2.68. The van der Waals surface area contributed by atoms with Gasteiger partial charge in [-0.3, -0.25) is 4.90 Å². The van der Waals surface area contributed by atoms with Gasteiger partial charge < -0.3 is 9.84 Å². The van der Waals surface area contributed by atoms with Crippen molar-refractivity contribution in [1.82, 2.24) is 4.90 Å². The summed E-state index contributed by atoms with van der Waals surface area (Å²) in [5, 5.41) is 10.2. The second-order valence-corrected chi connectivity index (χ2v) is 4.88. The van der Waals surface area contributed by atoms with E-state index in [-0.39, 0.29) is 24.6 Å². The first kappa shape index (κ1) is 16.9. The predicted octanol–water partition coefficient (Wildman–Crippen LogP) is 3.83. The highest BCUT2D eigenvalue weighted by Crippen LogP contribution is 2.34. The molecular formula is C13H17ClF3NO2. The van der Waals surface area contributed by atoms with Crippen LogP contribution in [0, 0.1) is 0 Å². The second kappa shape index (κ2) is 7.04. The number of benzene rings is 1. The predicted molar refractivity (Wildman–Crippen MR) is 71.3 cm³/mol. The third kappa shape index (κ3) is 5.09. The summed E-state index contributed by atoms with van der Waals surface area (Å²) in [7, 11) is 1.36. The number of rotatable bonds is 6. The molecule has 0 fully saturated rings. The Morgan fingerprint density at radius 1 is 1.35 bits per heavy atom. The van der Waals surface area contributed by atoms with Crippen LogP contribution >= 0.6 is 11.6 Å². The number of phenols is 1. The molecule has 0 amide bonds. The molecule has 0 saturated heterocycles. The summed E-state index contributed by atoms with van der Waals surface area (Å²) in [6.45, 7) is 0.987. The van der Waals surface area contributed by atoms with E-state index in [1.807, 2.05) is 0 Å². The second-order valence-electron chi connectivity index (χ2n) is 4.44. The molecule has 0 heterocycles. The highest BCUT2D eigenvalue weighted by molar-refractivity contribution is 6.30. The van der Waals surface area contributed by atoms with Crippen LogP contribution in [0.1, 0.15) is 18.9 Å². The lowest BCUT2D eigenvalue weighted by molar-refractivity contribution is -0.147. The Morgan fingerprint density at radius 2 is 2.00 bits per heavy atom. The van der Waals surface area contributed by atoms with Crippen LogP contribution in [0.4, 0.5) is 13.2 Å². The number of aromatic hydroxyl groups is 1. The summed E-state index contributed by atoms with van der Waals surface area (Å²) in [4.78, 5) is 1.21. The number of alkyl halides is 3. The first-order valence-corrected chi connectivity index (χ1v) is 6.49. The van der Waals surface area contributed by atoms with E-state index in [0.717, 1.165) is 0 Å². The molecule has 3 nitrogen and oxygen atoms in total. The van der Waals surface area contributed by atoms with Gasteiger partial charge in [-0.25, -0.2) is 0 Å². The van der Waals surface area contributed by atoms with Gasteiger partial charge in [0.1, 0.15) is 0 Å². The van der Waals surface area contributed by atoms with E-state index in [1.165, 1.54) is 24.1 Å². The van der Waals surface area contributed by atoms with Gasteiger partial charge in [-0.2, -0.15) is 13.2 Å². The Morgan fingerprint density at radius 3 is 2.50 bits per heavy atom. The van der Waals surface area contributed by atoms with Crippen molar-refractivity contribution in [2.75, 3.05) is 20.2 Å². The maximum atomic E-state index is 12.5. The highest BCUT2D eigenvalue weighted by Gasteiger charge is 2.30. The van der Waals surface area contributed by atoms with Crippen LogP contribution < -0.4 is 4.74 Å². The molecule has 0 unspecified atom stereocenters. The normalized spacial score (nSPS) is 11.9. The van der Waals surface area contributed by atoms with Crippen LogP contribution in [0.3, 0.4) is 0 Å².